The molecule has 132 valence electrons. The van der Waals surface area contributed by atoms with Gasteiger partial charge in [0.2, 0.25) is 0 Å². The molecule has 0 bridgehead atoms. The minimum atomic E-state index is 0.940. The Labute approximate surface area is 150 Å². The van der Waals surface area contributed by atoms with E-state index in [9.17, 15) is 0 Å². The van der Waals surface area contributed by atoms with Crippen LogP contribution in [0.1, 0.15) is 48.8 Å². The van der Waals surface area contributed by atoms with Crippen molar-refractivity contribution in [2.24, 2.45) is 0 Å². The Bertz CT molecular complexity index is 707. The van der Waals surface area contributed by atoms with E-state index in [2.05, 4.69) is 38.8 Å². The molecule has 0 atom stereocenters. The zero-order chi connectivity index (χ0) is 17.1. The lowest BCUT2D eigenvalue weighted by Crippen LogP contribution is -2.31. The van der Waals surface area contributed by atoms with Crippen molar-refractivity contribution in [3.8, 4) is 0 Å². The van der Waals surface area contributed by atoms with E-state index in [1.807, 2.05) is 12.4 Å². The summed E-state index contributed by atoms with van der Waals surface area (Å²) in [5, 5.41) is 0. The number of hydrogen-bond donors (Lipinski definition) is 0. The summed E-state index contributed by atoms with van der Waals surface area (Å²) in [4.78, 5) is 18.8. The van der Waals surface area contributed by atoms with E-state index >= 15 is 0 Å². The number of anilines is 1. The van der Waals surface area contributed by atoms with Crippen LogP contribution < -0.4 is 4.90 Å². The highest BCUT2D eigenvalue weighted by Gasteiger charge is 2.19. The van der Waals surface area contributed by atoms with Crippen LogP contribution in [0.3, 0.4) is 0 Å². The summed E-state index contributed by atoms with van der Waals surface area (Å²) in [7, 11) is 0. The van der Waals surface area contributed by atoms with Gasteiger partial charge in [0.15, 0.2) is 0 Å². The van der Waals surface area contributed by atoms with Crippen LogP contribution in [0, 0.1) is 0 Å². The minimum absolute atomic E-state index is 0.940. The van der Waals surface area contributed by atoms with Crippen molar-refractivity contribution in [1.82, 2.24) is 19.9 Å². The lowest BCUT2D eigenvalue weighted by Gasteiger charge is -2.28. The Morgan fingerprint density at radius 2 is 1.92 bits per heavy atom. The van der Waals surface area contributed by atoms with Gasteiger partial charge in [-0.3, -0.25) is 4.90 Å². The third-order valence-corrected chi connectivity index (χ3v) is 5.18. The van der Waals surface area contributed by atoms with Crippen molar-refractivity contribution in [2.45, 2.75) is 52.1 Å². The molecule has 25 heavy (non-hydrogen) atoms. The topological polar surface area (TPSA) is 45.2 Å². The molecule has 0 aromatic carbocycles. The minimum Gasteiger partial charge on any atom is -0.357 e. The number of fused-ring (bicyclic) bond motifs is 1. The first-order valence-electron chi connectivity index (χ1n) is 9.57. The van der Waals surface area contributed by atoms with Gasteiger partial charge in [-0.05, 0) is 30.9 Å². The smallest absolute Gasteiger partial charge is 0.128 e. The lowest BCUT2D eigenvalue weighted by molar-refractivity contribution is 0.242. The molecule has 0 aliphatic carbocycles. The Morgan fingerprint density at radius 1 is 1.04 bits per heavy atom. The van der Waals surface area contributed by atoms with Crippen molar-refractivity contribution in [1.29, 1.82) is 0 Å². The molecule has 0 saturated carbocycles. The molecule has 5 nitrogen and oxygen atoms in total. The number of aromatic nitrogens is 3. The SMILES string of the molecule is CCCc1ncc2c(n1)CCN(Cc1ccc(N3CCCC3)nc1)C2. The first-order chi connectivity index (χ1) is 12.3. The molecule has 0 unspecified atom stereocenters. The molecule has 2 aromatic rings. The zero-order valence-electron chi connectivity index (χ0n) is 15.1. The first kappa shape index (κ1) is 16.5. The molecular formula is C20H27N5. The molecule has 4 rings (SSSR count). The lowest BCUT2D eigenvalue weighted by atomic mass is 10.1. The highest BCUT2D eigenvalue weighted by atomic mass is 15.2. The summed E-state index contributed by atoms with van der Waals surface area (Å²) in [5.41, 5.74) is 3.82. The Kier molecular flexibility index (Phi) is 4.92. The molecule has 0 N–H and O–H groups in total. The summed E-state index contributed by atoms with van der Waals surface area (Å²) in [6.45, 7) is 7.42. The van der Waals surface area contributed by atoms with E-state index in [0.717, 1.165) is 63.6 Å². The summed E-state index contributed by atoms with van der Waals surface area (Å²) < 4.78 is 0. The van der Waals surface area contributed by atoms with Gasteiger partial charge in [0.05, 0.1) is 0 Å². The highest BCUT2D eigenvalue weighted by Crippen LogP contribution is 2.21. The second-order valence-electron chi connectivity index (χ2n) is 7.19. The molecular weight excluding hydrogens is 310 g/mol. The monoisotopic (exact) mass is 337 g/mol. The van der Waals surface area contributed by atoms with Gasteiger partial charge in [0.25, 0.3) is 0 Å². The zero-order valence-corrected chi connectivity index (χ0v) is 15.1. The Hall–Kier alpha value is -2.01. The van der Waals surface area contributed by atoms with Crippen LogP contribution in [0.5, 0.6) is 0 Å². The van der Waals surface area contributed by atoms with E-state index in [4.69, 9.17) is 4.98 Å². The third kappa shape index (κ3) is 3.82. The summed E-state index contributed by atoms with van der Waals surface area (Å²) in [5.74, 6) is 2.12. The summed E-state index contributed by atoms with van der Waals surface area (Å²) >= 11 is 0. The van der Waals surface area contributed by atoms with Crippen LogP contribution in [0.25, 0.3) is 0 Å². The van der Waals surface area contributed by atoms with Gasteiger partial charge in [-0.2, -0.15) is 0 Å². The molecule has 0 spiro atoms. The molecule has 0 amide bonds. The van der Waals surface area contributed by atoms with Crippen LogP contribution >= 0.6 is 0 Å². The van der Waals surface area contributed by atoms with Gasteiger partial charge < -0.3 is 4.90 Å². The third-order valence-electron chi connectivity index (χ3n) is 5.18. The van der Waals surface area contributed by atoms with Gasteiger partial charge in [0.1, 0.15) is 11.6 Å². The fraction of sp³-hybridized carbons (Fsp3) is 0.550. The maximum absolute atomic E-state index is 4.74. The predicted octanol–water partition coefficient (Wildman–Crippen LogP) is 2.98. The van der Waals surface area contributed by atoms with Crippen molar-refractivity contribution < 1.29 is 0 Å². The molecule has 5 heteroatoms. The van der Waals surface area contributed by atoms with E-state index in [-0.39, 0.29) is 0 Å². The molecule has 1 saturated heterocycles. The van der Waals surface area contributed by atoms with Gasteiger partial charge in [-0.1, -0.05) is 13.0 Å². The molecule has 2 aromatic heterocycles. The molecule has 0 radical (unpaired) electrons. The standard InChI is InChI=1S/C20H27N5/c1-2-5-19-21-13-17-15-24(11-8-18(17)23-19)14-16-6-7-20(22-12-16)25-9-3-4-10-25/h6-7,12-13H,2-5,8-11,14-15H2,1H3. The quantitative estimate of drug-likeness (QED) is 0.839. The second kappa shape index (κ2) is 7.48. The van der Waals surface area contributed by atoms with Gasteiger partial charge in [-0.25, -0.2) is 15.0 Å². The van der Waals surface area contributed by atoms with Crippen LogP contribution in [-0.2, 0) is 25.9 Å². The fourth-order valence-corrected chi connectivity index (χ4v) is 3.80. The van der Waals surface area contributed by atoms with E-state index in [1.165, 1.54) is 29.7 Å². The average molecular weight is 337 g/mol. The van der Waals surface area contributed by atoms with Gasteiger partial charge >= 0.3 is 0 Å². The number of pyridine rings is 1. The van der Waals surface area contributed by atoms with Crippen molar-refractivity contribution >= 4 is 5.82 Å². The van der Waals surface area contributed by atoms with E-state index < -0.39 is 0 Å². The largest absolute Gasteiger partial charge is 0.357 e. The van der Waals surface area contributed by atoms with Crippen LogP contribution in [-0.4, -0.2) is 39.5 Å². The number of rotatable bonds is 5. The van der Waals surface area contributed by atoms with Crippen molar-refractivity contribution in [3.63, 3.8) is 0 Å². The number of nitrogens with zero attached hydrogens (tertiary/aromatic N) is 5. The van der Waals surface area contributed by atoms with Crippen LogP contribution in [0.2, 0.25) is 0 Å². The number of hydrogen-bond acceptors (Lipinski definition) is 5. The fourth-order valence-electron chi connectivity index (χ4n) is 3.80. The summed E-state index contributed by atoms with van der Waals surface area (Å²) in [6, 6.07) is 4.41. The Morgan fingerprint density at radius 3 is 2.68 bits per heavy atom. The number of aryl methyl sites for hydroxylation is 1. The van der Waals surface area contributed by atoms with Crippen LogP contribution in [0.15, 0.2) is 24.5 Å². The highest BCUT2D eigenvalue weighted by molar-refractivity contribution is 5.40. The van der Waals surface area contributed by atoms with E-state index in [1.54, 1.807) is 0 Å². The van der Waals surface area contributed by atoms with Gasteiger partial charge in [-0.15, -0.1) is 0 Å². The van der Waals surface area contributed by atoms with Gasteiger partial charge in [0, 0.05) is 69.2 Å². The molecule has 2 aliphatic heterocycles. The van der Waals surface area contributed by atoms with Crippen LogP contribution in [0.4, 0.5) is 5.82 Å². The second-order valence-corrected chi connectivity index (χ2v) is 7.19. The maximum atomic E-state index is 4.74. The van der Waals surface area contributed by atoms with E-state index in [0.29, 0.717) is 0 Å². The predicted molar refractivity (Wildman–Crippen MR) is 99.5 cm³/mol. The maximum Gasteiger partial charge on any atom is 0.128 e. The Balaban J connectivity index is 1.38. The normalized spacial score (nSPS) is 17.7. The molecule has 4 heterocycles. The summed E-state index contributed by atoms with van der Waals surface area (Å²) in [6.07, 6.45) is 9.76. The first-order valence-corrected chi connectivity index (χ1v) is 9.57. The van der Waals surface area contributed by atoms with Crippen molar-refractivity contribution in [2.75, 3.05) is 24.5 Å². The molecule has 1 fully saturated rings. The molecule has 2 aliphatic rings. The average Bonchev–Trinajstić information content (AvgIpc) is 3.17. The van der Waals surface area contributed by atoms with Crippen molar-refractivity contribution in [3.05, 3.63) is 47.2 Å².